The lowest BCUT2D eigenvalue weighted by atomic mass is 10.2. The summed E-state index contributed by atoms with van der Waals surface area (Å²) in [5.74, 6) is 0. The topological polar surface area (TPSA) is 87.4 Å². The Balaban J connectivity index is 2.26. The lowest BCUT2D eigenvalue weighted by molar-refractivity contribution is 1.07. The molecule has 0 saturated heterocycles. The molecule has 6 heteroatoms. The Kier molecular flexibility index (Phi) is 3.65. The fraction of sp³-hybridized carbons (Fsp3) is 0.167. The molecule has 5 nitrogen and oxygen atoms in total. The number of nitrogen functional groups attached to an aromatic ring is 1. The van der Waals surface area contributed by atoms with Crippen molar-refractivity contribution in [3.05, 3.63) is 35.5 Å². The first-order chi connectivity index (χ1) is 8.74. The van der Waals surface area contributed by atoms with Crippen LogP contribution in [0.5, 0.6) is 0 Å². The van der Waals surface area contributed by atoms with Gasteiger partial charge < -0.3 is 5.73 Å². The molecular formula is C12H11N5S. The highest BCUT2D eigenvalue weighted by Gasteiger charge is 2.11. The summed E-state index contributed by atoms with van der Waals surface area (Å²) in [7, 11) is 0. The monoisotopic (exact) mass is 257 g/mol. The summed E-state index contributed by atoms with van der Waals surface area (Å²) in [5.41, 5.74) is 8.24. The Morgan fingerprint density at radius 1 is 1.33 bits per heavy atom. The minimum Gasteiger partial charge on any atom is -0.399 e. The van der Waals surface area contributed by atoms with Crippen molar-refractivity contribution < 1.29 is 0 Å². The van der Waals surface area contributed by atoms with E-state index in [2.05, 4.69) is 20.7 Å². The van der Waals surface area contributed by atoms with Gasteiger partial charge >= 0.3 is 0 Å². The Morgan fingerprint density at radius 3 is 2.67 bits per heavy atom. The molecule has 1 heterocycles. The second-order valence-electron chi connectivity index (χ2n) is 3.57. The molecule has 0 atom stereocenters. The first-order valence-electron chi connectivity index (χ1n) is 5.40. The van der Waals surface area contributed by atoms with Gasteiger partial charge in [0, 0.05) is 5.69 Å². The molecule has 0 unspecified atom stereocenters. The number of aromatic nitrogens is 1. The molecule has 90 valence electrons. The van der Waals surface area contributed by atoms with Crippen LogP contribution in [0.2, 0.25) is 0 Å². The van der Waals surface area contributed by atoms with E-state index in [-0.39, 0.29) is 0 Å². The van der Waals surface area contributed by atoms with Crippen molar-refractivity contribution in [3.8, 4) is 6.07 Å². The fourth-order valence-corrected chi connectivity index (χ4v) is 2.13. The molecule has 0 aliphatic carbocycles. The largest absolute Gasteiger partial charge is 0.399 e. The Bertz CT molecular complexity index is 606. The van der Waals surface area contributed by atoms with E-state index in [0.29, 0.717) is 21.9 Å². The van der Waals surface area contributed by atoms with Gasteiger partial charge in [-0.25, -0.2) is 0 Å². The van der Waals surface area contributed by atoms with Crippen LogP contribution in [0.4, 0.5) is 16.4 Å². The van der Waals surface area contributed by atoms with Gasteiger partial charge in [-0.3, -0.25) is 0 Å². The molecule has 0 aliphatic rings. The summed E-state index contributed by atoms with van der Waals surface area (Å²) in [6, 6.07) is 9.16. The molecule has 1 aromatic carbocycles. The smallest absolute Gasteiger partial charge is 0.176 e. The third-order valence-corrected chi connectivity index (χ3v) is 3.11. The van der Waals surface area contributed by atoms with Gasteiger partial charge in [-0.15, -0.1) is 10.2 Å². The Hall–Kier alpha value is -2.26. The first kappa shape index (κ1) is 12.2. The van der Waals surface area contributed by atoms with E-state index >= 15 is 0 Å². The molecule has 2 rings (SSSR count). The van der Waals surface area contributed by atoms with Crippen molar-refractivity contribution in [2.24, 2.45) is 10.2 Å². The standard InChI is InChI=1S/C12H11N5S/c1-2-11-10(7-13)12(18-17-11)16-15-9-5-3-8(14)4-6-9/h3-6H,2,14H2,1H3/b16-15+. The maximum absolute atomic E-state index is 9.05. The highest BCUT2D eigenvalue weighted by atomic mass is 32.1. The maximum Gasteiger partial charge on any atom is 0.176 e. The highest BCUT2D eigenvalue weighted by molar-refractivity contribution is 7.10. The van der Waals surface area contributed by atoms with Crippen LogP contribution in [0.15, 0.2) is 34.5 Å². The van der Waals surface area contributed by atoms with Crippen LogP contribution >= 0.6 is 11.5 Å². The molecule has 0 radical (unpaired) electrons. The average Bonchev–Trinajstić information content (AvgIpc) is 2.80. The summed E-state index contributed by atoms with van der Waals surface area (Å²) < 4.78 is 4.18. The van der Waals surface area contributed by atoms with Crippen LogP contribution in [0.1, 0.15) is 18.2 Å². The van der Waals surface area contributed by atoms with Gasteiger partial charge in [0.1, 0.15) is 11.6 Å². The predicted octanol–water partition coefficient (Wildman–Crippen LogP) is 3.57. The molecule has 0 saturated carbocycles. The number of nitriles is 1. The molecule has 18 heavy (non-hydrogen) atoms. The van der Waals surface area contributed by atoms with E-state index in [0.717, 1.165) is 12.1 Å². The van der Waals surface area contributed by atoms with E-state index in [1.54, 1.807) is 24.3 Å². The quantitative estimate of drug-likeness (QED) is 0.673. The minimum absolute atomic E-state index is 0.515. The number of hydrogen-bond acceptors (Lipinski definition) is 6. The lowest BCUT2D eigenvalue weighted by Gasteiger charge is -1.93. The molecular weight excluding hydrogens is 246 g/mol. The third kappa shape index (κ3) is 2.52. The van der Waals surface area contributed by atoms with Crippen LogP contribution in [0.25, 0.3) is 0 Å². The van der Waals surface area contributed by atoms with E-state index in [9.17, 15) is 0 Å². The molecule has 0 fully saturated rings. The summed E-state index contributed by atoms with van der Waals surface area (Å²) in [6.07, 6.45) is 0.719. The van der Waals surface area contributed by atoms with Gasteiger partial charge in [-0.05, 0) is 42.2 Å². The van der Waals surface area contributed by atoms with Crippen molar-refractivity contribution in [2.75, 3.05) is 5.73 Å². The molecule has 1 aromatic heterocycles. The van der Waals surface area contributed by atoms with Crippen molar-refractivity contribution in [1.29, 1.82) is 5.26 Å². The molecule has 2 aromatic rings. The molecule has 2 N–H and O–H groups in total. The highest BCUT2D eigenvalue weighted by Crippen LogP contribution is 2.29. The number of rotatable bonds is 3. The number of nitrogens with zero attached hydrogens (tertiary/aromatic N) is 4. The number of aryl methyl sites for hydroxylation is 1. The van der Waals surface area contributed by atoms with Crippen molar-refractivity contribution in [2.45, 2.75) is 13.3 Å². The van der Waals surface area contributed by atoms with Gasteiger partial charge in [-0.1, -0.05) is 6.92 Å². The van der Waals surface area contributed by atoms with Gasteiger partial charge in [0.2, 0.25) is 0 Å². The zero-order valence-electron chi connectivity index (χ0n) is 9.79. The van der Waals surface area contributed by atoms with Crippen LogP contribution < -0.4 is 5.73 Å². The van der Waals surface area contributed by atoms with E-state index in [4.69, 9.17) is 11.0 Å². The number of nitrogens with two attached hydrogens (primary N) is 1. The zero-order chi connectivity index (χ0) is 13.0. The molecule has 0 spiro atoms. The van der Waals surface area contributed by atoms with E-state index in [1.165, 1.54) is 11.5 Å². The van der Waals surface area contributed by atoms with Crippen LogP contribution in [-0.4, -0.2) is 4.37 Å². The third-order valence-electron chi connectivity index (χ3n) is 2.34. The minimum atomic E-state index is 0.515. The maximum atomic E-state index is 9.05. The predicted molar refractivity (Wildman–Crippen MR) is 71.2 cm³/mol. The van der Waals surface area contributed by atoms with Crippen LogP contribution in [0, 0.1) is 11.3 Å². The average molecular weight is 257 g/mol. The normalized spacial score (nSPS) is 10.7. The van der Waals surface area contributed by atoms with Crippen molar-refractivity contribution in [1.82, 2.24) is 4.37 Å². The van der Waals surface area contributed by atoms with Crippen LogP contribution in [-0.2, 0) is 6.42 Å². The summed E-state index contributed by atoms with van der Waals surface area (Å²) >= 11 is 1.19. The van der Waals surface area contributed by atoms with Crippen molar-refractivity contribution in [3.63, 3.8) is 0 Å². The summed E-state index contributed by atoms with van der Waals surface area (Å²) in [6.45, 7) is 1.96. The number of benzene rings is 1. The van der Waals surface area contributed by atoms with Crippen molar-refractivity contribution >= 4 is 27.9 Å². The number of azo groups is 1. The zero-order valence-corrected chi connectivity index (χ0v) is 10.6. The SMILES string of the molecule is CCc1nsc(/N=N/c2ccc(N)cc2)c1C#N. The summed E-state index contributed by atoms with van der Waals surface area (Å²) in [4.78, 5) is 0. The molecule has 0 bridgehead atoms. The van der Waals surface area contributed by atoms with Gasteiger partial charge in [0.05, 0.1) is 11.4 Å². The first-order valence-corrected chi connectivity index (χ1v) is 6.18. The van der Waals surface area contributed by atoms with Crippen LogP contribution in [0.3, 0.4) is 0 Å². The fourth-order valence-electron chi connectivity index (χ4n) is 1.38. The second kappa shape index (κ2) is 5.38. The number of anilines is 1. The van der Waals surface area contributed by atoms with Gasteiger partial charge in [-0.2, -0.15) is 9.64 Å². The Morgan fingerprint density at radius 2 is 2.06 bits per heavy atom. The summed E-state index contributed by atoms with van der Waals surface area (Å²) in [5, 5.41) is 17.7. The number of hydrogen-bond donors (Lipinski definition) is 1. The molecule has 0 amide bonds. The van der Waals surface area contributed by atoms with E-state index < -0.39 is 0 Å². The lowest BCUT2D eigenvalue weighted by Crippen LogP contribution is -1.82. The van der Waals surface area contributed by atoms with Gasteiger partial charge in [0.15, 0.2) is 5.00 Å². The van der Waals surface area contributed by atoms with E-state index in [1.807, 2.05) is 6.92 Å². The second-order valence-corrected chi connectivity index (χ2v) is 4.32. The molecule has 0 aliphatic heterocycles. The van der Waals surface area contributed by atoms with Gasteiger partial charge in [0.25, 0.3) is 0 Å². The Labute approximate surface area is 109 Å².